The first-order chi connectivity index (χ1) is 14.4. The molecule has 0 aliphatic heterocycles. The molecule has 2 aromatic rings. The second kappa shape index (κ2) is 11.9. The van der Waals surface area contributed by atoms with Crippen LogP contribution in [0.2, 0.25) is 0 Å². The maximum absolute atomic E-state index is 12.4. The van der Waals surface area contributed by atoms with Crippen molar-refractivity contribution >= 4 is 45.5 Å². The Labute approximate surface area is 185 Å². The molecule has 30 heavy (non-hydrogen) atoms. The number of anilines is 1. The summed E-state index contributed by atoms with van der Waals surface area (Å²) in [6, 6.07) is 14.8. The average Bonchev–Trinajstić information content (AvgIpc) is 2.73. The monoisotopic (exact) mass is 472 g/mol. The minimum absolute atomic E-state index is 0.104. The van der Waals surface area contributed by atoms with Crippen molar-refractivity contribution in [3.05, 3.63) is 70.2 Å². The number of amides is 2. The fourth-order valence-corrected chi connectivity index (χ4v) is 2.91. The van der Waals surface area contributed by atoms with Gasteiger partial charge in [0.2, 0.25) is 5.91 Å². The summed E-state index contributed by atoms with van der Waals surface area (Å²) in [7, 11) is 0. The lowest BCUT2D eigenvalue weighted by Crippen LogP contribution is -2.40. The molecule has 0 heterocycles. The fourth-order valence-electron chi connectivity index (χ4n) is 2.65. The zero-order valence-electron chi connectivity index (χ0n) is 17.1. The molecule has 0 aliphatic rings. The highest BCUT2D eigenvalue weighted by atomic mass is 79.9. The number of esters is 1. The van der Waals surface area contributed by atoms with Crippen LogP contribution in [0.25, 0.3) is 6.08 Å². The minimum Gasteiger partial charge on any atom is -0.452 e. The number of benzene rings is 2. The van der Waals surface area contributed by atoms with E-state index in [-0.39, 0.29) is 12.5 Å². The quantitative estimate of drug-likeness (QED) is 0.438. The van der Waals surface area contributed by atoms with Crippen LogP contribution in [0.5, 0.6) is 0 Å². The molecule has 0 aliphatic carbocycles. The van der Waals surface area contributed by atoms with Gasteiger partial charge < -0.3 is 15.0 Å². The van der Waals surface area contributed by atoms with Crippen LogP contribution in [-0.2, 0) is 19.1 Å². The standard InChI is InChI=1S/C23H25BrN2O4/c1-3-14-26(15-21(27)25-20-7-5-4-6-17(20)2)22(28)16-30-23(29)13-10-18-8-11-19(24)12-9-18/h4-13H,3,14-16H2,1-2H3,(H,25,27)/b13-10+. The van der Waals surface area contributed by atoms with Gasteiger partial charge in [-0.2, -0.15) is 0 Å². The van der Waals surface area contributed by atoms with E-state index >= 15 is 0 Å². The summed E-state index contributed by atoms with van der Waals surface area (Å²) in [5.74, 6) is -1.33. The molecule has 158 valence electrons. The maximum atomic E-state index is 12.4. The lowest BCUT2D eigenvalue weighted by molar-refractivity contribution is -0.148. The molecule has 0 spiro atoms. The number of hydrogen-bond donors (Lipinski definition) is 1. The van der Waals surface area contributed by atoms with Gasteiger partial charge in [0.1, 0.15) is 0 Å². The van der Waals surface area contributed by atoms with Gasteiger partial charge >= 0.3 is 5.97 Å². The molecule has 6 nitrogen and oxygen atoms in total. The molecule has 0 unspecified atom stereocenters. The van der Waals surface area contributed by atoms with Gasteiger partial charge in [-0.3, -0.25) is 9.59 Å². The molecule has 0 aromatic heterocycles. The first-order valence-corrected chi connectivity index (χ1v) is 10.4. The predicted molar refractivity (Wildman–Crippen MR) is 121 cm³/mol. The van der Waals surface area contributed by atoms with Gasteiger partial charge in [-0.1, -0.05) is 53.2 Å². The van der Waals surface area contributed by atoms with Crippen LogP contribution >= 0.6 is 15.9 Å². The fraction of sp³-hybridized carbons (Fsp3) is 0.261. The van der Waals surface area contributed by atoms with Crippen molar-refractivity contribution in [2.24, 2.45) is 0 Å². The van der Waals surface area contributed by atoms with Crippen LogP contribution < -0.4 is 5.32 Å². The molecule has 0 saturated heterocycles. The largest absolute Gasteiger partial charge is 0.452 e. The Bertz CT molecular complexity index is 910. The second-order valence-corrected chi connectivity index (χ2v) is 7.59. The van der Waals surface area contributed by atoms with Gasteiger partial charge in [0.15, 0.2) is 6.61 Å². The van der Waals surface area contributed by atoms with Crippen LogP contribution in [0, 0.1) is 6.92 Å². The smallest absolute Gasteiger partial charge is 0.331 e. The lowest BCUT2D eigenvalue weighted by atomic mass is 10.2. The summed E-state index contributed by atoms with van der Waals surface area (Å²) >= 11 is 3.34. The van der Waals surface area contributed by atoms with Gasteiger partial charge in [-0.15, -0.1) is 0 Å². The normalized spacial score (nSPS) is 10.6. The Balaban J connectivity index is 1.86. The second-order valence-electron chi connectivity index (χ2n) is 6.67. The number of carbonyl (C=O) groups excluding carboxylic acids is 3. The molecular formula is C23H25BrN2O4. The van der Waals surface area contributed by atoms with E-state index in [4.69, 9.17) is 4.74 Å². The summed E-state index contributed by atoms with van der Waals surface area (Å²) in [4.78, 5) is 38.1. The van der Waals surface area contributed by atoms with Crippen molar-refractivity contribution in [1.29, 1.82) is 0 Å². The minimum atomic E-state index is -0.618. The third-order valence-electron chi connectivity index (χ3n) is 4.22. The van der Waals surface area contributed by atoms with Gasteiger partial charge in [0.05, 0.1) is 6.54 Å². The Kier molecular flexibility index (Phi) is 9.28. The highest BCUT2D eigenvalue weighted by Gasteiger charge is 2.18. The third-order valence-corrected chi connectivity index (χ3v) is 4.75. The molecule has 1 N–H and O–H groups in total. The Hall–Kier alpha value is -2.93. The average molecular weight is 473 g/mol. The molecule has 7 heteroatoms. The van der Waals surface area contributed by atoms with Gasteiger partial charge in [0, 0.05) is 22.8 Å². The molecule has 2 aromatic carbocycles. The number of carbonyl (C=O) groups is 3. The van der Waals surface area contributed by atoms with E-state index in [9.17, 15) is 14.4 Å². The van der Waals surface area contributed by atoms with Crippen LogP contribution in [-0.4, -0.2) is 42.4 Å². The van der Waals surface area contributed by atoms with Crippen molar-refractivity contribution in [2.75, 3.05) is 25.0 Å². The van der Waals surface area contributed by atoms with Gasteiger partial charge in [-0.25, -0.2) is 4.79 Å². The van der Waals surface area contributed by atoms with E-state index in [0.717, 1.165) is 15.6 Å². The van der Waals surface area contributed by atoms with E-state index in [1.165, 1.54) is 11.0 Å². The van der Waals surface area contributed by atoms with Crippen molar-refractivity contribution in [3.63, 3.8) is 0 Å². The molecule has 0 atom stereocenters. The predicted octanol–water partition coefficient (Wildman–Crippen LogP) is 4.19. The van der Waals surface area contributed by atoms with Crippen LogP contribution in [0.15, 0.2) is 59.1 Å². The molecule has 2 amide bonds. The number of halogens is 1. The van der Waals surface area contributed by atoms with Gasteiger partial charge in [-0.05, 0) is 48.7 Å². The molecule has 2 rings (SSSR count). The number of para-hydroxylation sites is 1. The SMILES string of the molecule is CCCN(CC(=O)Nc1ccccc1C)C(=O)COC(=O)/C=C/c1ccc(Br)cc1. The number of nitrogens with zero attached hydrogens (tertiary/aromatic N) is 1. The summed E-state index contributed by atoms with van der Waals surface area (Å²) in [6.07, 6.45) is 3.56. The summed E-state index contributed by atoms with van der Waals surface area (Å²) in [5, 5.41) is 2.81. The van der Waals surface area contributed by atoms with E-state index in [1.807, 2.05) is 56.3 Å². The number of ether oxygens (including phenoxy) is 1. The van der Waals surface area contributed by atoms with Crippen molar-refractivity contribution < 1.29 is 19.1 Å². The van der Waals surface area contributed by atoms with Crippen LogP contribution in [0.4, 0.5) is 5.69 Å². The zero-order chi connectivity index (χ0) is 21.9. The van der Waals surface area contributed by atoms with Crippen molar-refractivity contribution in [2.45, 2.75) is 20.3 Å². The Morgan fingerprint density at radius 1 is 1.10 bits per heavy atom. The molecule has 0 radical (unpaired) electrons. The Morgan fingerprint density at radius 3 is 2.47 bits per heavy atom. The number of aryl methyl sites for hydroxylation is 1. The number of nitrogens with one attached hydrogen (secondary N) is 1. The summed E-state index contributed by atoms with van der Waals surface area (Å²) < 4.78 is 5.98. The van der Waals surface area contributed by atoms with E-state index < -0.39 is 18.5 Å². The first kappa shape index (κ1) is 23.3. The molecule has 0 bridgehead atoms. The lowest BCUT2D eigenvalue weighted by Gasteiger charge is -2.21. The molecule has 0 saturated carbocycles. The van der Waals surface area contributed by atoms with Crippen LogP contribution in [0.1, 0.15) is 24.5 Å². The Morgan fingerprint density at radius 2 is 1.80 bits per heavy atom. The maximum Gasteiger partial charge on any atom is 0.331 e. The number of hydrogen-bond acceptors (Lipinski definition) is 4. The van der Waals surface area contributed by atoms with Crippen molar-refractivity contribution in [1.82, 2.24) is 4.90 Å². The number of rotatable bonds is 9. The van der Waals surface area contributed by atoms with E-state index in [2.05, 4.69) is 21.2 Å². The summed E-state index contributed by atoms with van der Waals surface area (Å²) in [6.45, 7) is 3.68. The highest BCUT2D eigenvalue weighted by Crippen LogP contribution is 2.13. The van der Waals surface area contributed by atoms with Crippen molar-refractivity contribution in [3.8, 4) is 0 Å². The summed E-state index contributed by atoms with van der Waals surface area (Å²) in [5.41, 5.74) is 2.48. The topological polar surface area (TPSA) is 75.7 Å². The van der Waals surface area contributed by atoms with E-state index in [0.29, 0.717) is 18.7 Å². The third kappa shape index (κ3) is 7.83. The first-order valence-electron chi connectivity index (χ1n) is 9.62. The highest BCUT2D eigenvalue weighted by molar-refractivity contribution is 9.10. The van der Waals surface area contributed by atoms with Crippen LogP contribution in [0.3, 0.4) is 0 Å². The van der Waals surface area contributed by atoms with Gasteiger partial charge in [0.25, 0.3) is 5.91 Å². The van der Waals surface area contributed by atoms with E-state index in [1.54, 1.807) is 12.1 Å². The molecular weight excluding hydrogens is 448 g/mol. The zero-order valence-corrected chi connectivity index (χ0v) is 18.6. The molecule has 0 fully saturated rings.